The van der Waals surface area contributed by atoms with Crippen LogP contribution in [0, 0.1) is 22.7 Å². The number of esters is 2. The van der Waals surface area contributed by atoms with Crippen molar-refractivity contribution in [2.24, 2.45) is 22.7 Å². The zero-order valence-corrected chi connectivity index (χ0v) is 13.3. The maximum absolute atomic E-state index is 11.8. The highest BCUT2D eigenvalue weighted by Crippen LogP contribution is 2.61. The topological polar surface area (TPSA) is 52.6 Å². The van der Waals surface area contributed by atoms with Crippen LogP contribution in [-0.2, 0) is 19.1 Å². The Morgan fingerprint density at radius 3 is 2.76 bits per heavy atom. The molecule has 0 radical (unpaired) electrons. The number of cyclic esters (lactones) is 1. The van der Waals surface area contributed by atoms with Crippen LogP contribution in [0.3, 0.4) is 0 Å². The predicted octanol–water partition coefficient (Wildman–Crippen LogP) is 2.86. The van der Waals surface area contributed by atoms with Crippen molar-refractivity contribution in [3.8, 4) is 0 Å². The average molecular weight is 292 g/mol. The molecule has 3 aliphatic rings. The molecule has 0 aromatic heterocycles. The molecule has 2 aliphatic carbocycles. The number of hydrogen-bond acceptors (Lipinski definition) is 4. The van der Waals surface area contributed by atoms with Gasteiger partial charge in [0, 0.05) is 23.8 Å². The third kappa shape index (κ3) is 2.02. The smallest absolute Gasteiger partial charge is 0.334 e. The standard InChI is InChI=1S/C17H24O4/c1-10(18)21-14-7-8-17(4)12-9-20-15(19)11(12)5-6-13(17)16(14,2)3/h5,12-14H,6-9H2,1-4H3/t12-,13+,14-,17+/m0/s1. The molecule has 0 aromatic carbocycles. The van der Waals surface area contributed by atoms with Crippen LogP contribution in [0.5, 0.6) is 0 Å². The molecule has 4 heteroatoms. The molecule has 0 bridgehead atoms. The second kappa shape index (κ2) is 4.59. The van der Waals surface area contributed by atoms with E-state index in [9.17, 15) is 9.59 Å². The maximum atomic E-state index is 11.8. The zero-order valence-electron chi connectivity index (χ0n) is 13.3. The van der Waals surface area contributed by atoms with Crippen molar-refractivity contribution in [2.75, 3.05) is 6.61 Å². The Balaban J connectivity index is 1.94. The number of hydrogen-bond donors (Lipinski definition) is 0. The number of allylic oxidation sites excluding steroid dienone is 1. The molecule has 1 heterocycles. The lowest BCUT2D eigenvalue weighted by Gasteiger charge is -2.57. The van der Waals surface area contributed by atoms with Crippen LogP contribution in [-0.4, -0.2) is 24.6 Å². The fraction of sp³-hybridized carbons (Fsp3) is 0.765. The quantitative estimate of drug-likeness (QED) is 0.697. The molecule has 3 rings (SSSR count). The van der Waals surface area contributed by atoms with Crippen LogP contribution in [0.15, 0.2) is 11.6 Å². The van der Waals surface area contributed by atoms with E-state index in [4.69, 9.17) is 9.47 Å². The number of carbonyl (C=O) groups is 2. The summed E-state index contributed by atoms with van der Waals surface area (Å²) in [5.74, 6) is 0.246. The van der Waals surface area contributed by atoms with Gasteiger partial charge in [-0.15, -0.1) is 0 Å². The SMILES string of the molecule is CC(=O)O[C@H]1CC[C@@]2(C)[C@H](CC=C3C(=O)OC[C@@H]32)C1(C)C. The van der Waals surface area contributed by atoms with Crippen molar-refractivity contribution < 1.29 is 19.1 Å². The van der Waals surface area contributed by atoms with Gasteiger partial charge in [0.25, 0.3) is 0 Å². The molecule has 4 atom stereocenters. The molecule has 1 saturated carbocycles. The molecular formula is C17H24O4. The van der Waals surface area contributed by atoms with Crippen LogP contribution in [0.25, 0.3) is 0 Å². The predicted molar refractivity (Wildman–Crippen MR) is 77.3 cm³/mol. The second-order valence-corrected chi connectivity index (χ2v) is 7.56. The molecule has 0 aromatic rings. The highest BCUT2D eigenvalue weighted by molar-refractivity contribution is 5.91. The zero-order chi connectivity index (χ0) is 15.4. The molecule has 0 amide bonds. The van der Waals surface area contributed by atoms with Gasteiger partial charge in [0.15, 0.2) is 0 Å². The first kappa shape index (κ1) is 14.6. The first-order chi connectivity index (χ1) is 9.76. The van der Waals surface area contributed by atoms with Gasteiger partial charge in [-0.05, 0) is 30.6 Å². The highest BCUT2D eigenvalue weighted by Gasteiger charge is 2.59. The molecule has 0 unspecified atom stereocenters. The Bertz CT molecular complexity index is 519. The van der Waals surface area contributed by atoms with Crippen molar-refractivity contribution in [3.05, 3.63) is 11.6 Å². The van der Waals surface area contributed by atoms with Crippen molar-refractivity contribution >= 4 is 11.9 Å². The summed E-state index contributed by atoms with van der Waals surface area (Å²) in [5.41, 5.74) is 0.832. The minimum atomic E-state index is -0.205. The summed E-state index contributed by atoms with van der Waals surface area (Å²) in [5, 5.41) is 0. The van der Waals surface area contributed by atoms with Crippen LogP contribution in [0.2, 0.25) is 0 Å². The van der Waals surface area contributed by atoms with Crippen molar-refractivity contribution in [3.63, 3.8) is 0 Å². The molecule has 1 saturated heterocycles. The summed E-state index contributed by atoms with van der Waals surface area (Å²) in [6.07, 6.45) is 4.71. The van der Waals surface area contributed by atoms with Gasteiger partial charge in [0.2, 0.25) is 0 Å². The second-order valence-electron chi connectivity index (χ2n) is 7.56. The minimum Gasteiger partial charge on any atom is -0.462 e. The normalized spacial score (nSPS) is 40.7. The van der Waals surface area contributed by atoms with E-state index >= 15 is 0 Å². The average Bonchev–Trinajstić information content (AvgIpc) is 2.76. The Labute approximate surface area is 125 Å². The number of fused-ring (bicyclic) bond motifs is 3. The van der Waals surface area contributed by atoms with Crippen LogP contribution < -0.4 is 0 Å². The van der Waals surface area contributed by atoms with E-state index in [-0.39, 0.29) is 34.8 Å². The summed E-state index contributed by atoms with van der Waals surface area (Å²) in [6, 6.07) is 0. The summed E-state index contributed by atoms with van der Waals surface area (Å²) in [4.78, 5) is 23.2. The van der Waals surface area contributed by atoms with Gasteiger partial charge in [0.1, 0.15) is 6.10 Å². The van der Waals surface area contributed by atoms with Gasteiger partial charge >= 0.3 is 11.9 Å². The first-order valence-corrected chi connectivity index (χ1v) is 7.81. The lowest BCUT2D eigenvalue weighted by atomic mass is 9.48. The lowest BCUT2D eigenvalue weighted by Crippen LogP contribution is -2.55. The Kier molecular flexibility index (Phi) is 3.19. The first-order valence-electron chi connectivity index (χ1n) is 7.81. The van der Waals surface area contributed by atoms with E-state index in [1.54, 1.807) is 0 Å². The number of rotatable bonds is 1. The third-order valence-electron chi connectivity index (χ3n) is 6.14. The lowest BCUT2D eigenvalue weighted by molar-refractivity contribution is -0.171. The highest BCUT2D eigenvalue weighted by atomic mass is 16.5. The van der Waals surface area contributed by atoms with E-state index in [2.05, 4.69) is 26.8 Å². The van der Waals surface area contributed by atoms with Gasteiger partial charge in [0.05, 0.1) is 6.61 Å². The van der Waals surface area contributed by atoms with E-state index in [0.29, 0.717) is 12.5 Å². The van der Waals surface area contributed by atoms with Crippen LogP contribution >= 0.6 is 0 Å². The fourth-order valence-corrected chi connectivity index (χ4v) is 4.95. The van der Waals surface area contributed by atoms with Crippen molar-refractivity contribution in [1.82, 2.24) is 0 Å². The van der Waals surface area contributed by atoms with E-state index in [0.717, 1.165) is 24.8 Å². The van der Waals surface area contributed by atoms with Gasteiger partial charge in [-0.2, -0.15) is 0 Å². The van der Waals surface area contributed by atoms with Crippen LogP contribution in [0.4, 0.5) is 0 Å². The number of ether oxygens (including phenoxy) is 2. The van der Waals surface area contributed by atoms with Gasteiger partial charge < -0.3 is 9.47 Å². The monoisotopic (exact) mass is 292 g/mol. The fourth-order valence-electron chi connectivity index (χ4n) is 4.95. The molecule has 2 fully saturated rings. The summed E-state index contributed by atoms with van der Waals surface area (Å²) < 4.78 is 10.9. The molecule has 21 heavy (non-hydrogen) atoms. The minimum absolute atomic E-state index is 0.0407. The van der Waals surface area contributed by atoms with E-state index in [1.807, 2.05) is 0 Å². The largest absolute Gasteiger partial charge is 0.462 e. The van der Waals surface area contributed by atoms with Gasteiger partial charge in [-0.25, -0.2) is 4.79 Å². The Morgan fingerprint density at radius 2 is 2.10 bits per heavy atom. The molecule has 0 N–H and O–H groups in total. The Hall–Kier alpha value is -1.32. The van der Waals surface area contributed by atoms with Crippen molar-refractivity contribution in [1.29, 1.82) is 0 Å². The third-order valence-corrected chi connectivity index (χ3v) is 6.14. The molecular weight excluding hydrogens is 268 g/mol. The molecule has 0 spiro atoms. The van der Waals surface area contributed by atoms with Crippen LogP contribution in [0.1, 0.15) is 47.0 Å². The molecule has 116 valence electrons. The van der Waals surface area contributed by atoms with E-state index in [1.165, 1.54) is 6.92 Å². The summed E-state index contributed by atoms with van der Waals surface area (Å²) in [7, 11) is 0. The summed E-state index contributed by atoms with van der Waals surface area (Å²) in [6.45, 7) is 8.65. The maximum Gasteiger partial charge on any atom is 0.334 e. The molecule has 1 aliphatic heterocycles. The number of carbonyl (C=O) groups excluding carboxylic acids is 2. The van der Waals surface area contributed by atoms with Gasteiger partial charge in [-0.3, -0.25) is 4.79 Å². The summed E-state index contributed by atoms with van der Waals surface area (Å²) >= 11 is 0. The van der Waals surface area contributed by atoms with E-state index < -0.39 is 0 Å². The van der Waals surface area contributed by atoms with Crippen molar-refractivity contribution in [2.45, 2.75) is 53.1 Å². The Morgan fingerprint density at radius 1 is 1.38 bits per heavy atom. The van der Waals surface area contributed by atoms with Gasteiger partial charge in [-0.1, -0.05) is 26.8 Å². The molecule has 4 nitrogen and oxygen atoms in total.